The molecule has 0 aromatic heterocycles. The third kappa shape index (κ3) is 3.25. The third-order valence-corrected chi connectivity index (χ3v) is 3.86. The molecule has 0 aliphatic carbocycles. The number of benzene rings is 1. The van der Waals surface area contributed by atoms with Gasteiger partial charge in [0.15, 0.2) is 0 Å². The Hall–Kier alpha value is -0.130. The first-order valence-electron chi connectivity index (χ1n) is 3.35. The molecular formula is C8H6Br2O2S. The van der Waals surface area contributed by atoms with Gasteiger partial charge in [0.1, 0.15) is 0 Å². The second-order valence-electron chi connectivity index (χ2n) is 2.27. The molecule has 0 aliphatic heterocycles. The van der Waals surface area contributed by atoms with Crippen molar-refractivity contribution in [2.24, 2.45) is 0 Å². The van der Waals surface area contributed by atoms with Gasteiger partial charge in [-0.05, 0) is 44.0 Å². The van der Waals surface area contributed by atoms with E-state index < -0.39 is 9.84 Å². The largest absolute Gasteiger partial charge is 0.219 e. The molecule has 70 valence electrons. The monoisotopic (exact) mass is 324 g/mol. The van der Waals surface area contributed by atoms with Crippen molar-refractivity contribution in [3.63, 3.8) is 0 Å². The fourth-order valence-corrected chi connectivity index (χ4v) is 3.18. The van der Waals surface area contributed by atoms with Crippen LogP contribution in [0.5, 0.6) is 0 Å². The van der Waals surface area contributed by atoms with Gasteiger partial charge in [0.2, 0.25) is 9.84 Å². The van der Waals surface area contributed by atoms with Crippen molar-refractivity contribution >= 4 is 41.7 Å². The molecule has 0 heterocycles. The van der Waals surface area contributed by atoms with Gasteiger partial charge in [-0.15, -0.1) is 0 Å². The molecule has 0 fully saturated rings. The van der Waals surface area contributed by atoms with Crippen LogP contribution in [0.2, 0.25) is 0 Å². The Morgan fingerprint density at radius 1 is 1.15 bits per heavy atom. The fourth-order valence-electron chi connectivity index (χ4n) is 0.795. The average Bonchev–Trinajstić information content (AvgIpc) is 2.04. The van der Waals surface area contributed by atoms with Crippen molar-refractivity contribution in [1.82, 2.24) is 0 Å². The van der Waals surface area contributed by atoms with E-state index in [4.69, 9.17) is 0 Å². The van der Waals surface area contributed by atoms with E-state index in [1.165, 1.54) is 0 Å². The normalized spacial score (nSPS) is 10.9. The zero-order valence-corrected chi connectivity index (χ0v) is 10.4. The van der Waals surface area contributed by atoms with Crippen LogP contribution in [-0.2, 0) is 9.84 Å². The molecule has 0 aliphatic rings. The smallest absolute Gasteiger partial charge is 0.201 e. The van der Waals surface area contributed by atoms with Crippen molar-refractivity contribution in [1.29, 1.82) is 0 Å². The molecule has 0 spiro atoms. The minimum absolute atomic E-state index is 0.284. The zero-order chi connectivity index (χ0) is 9.90. The third-order valence-electron chi connectivity index (χ3n) is 1.32. The van der Waals surface area contributed by atoms with Crippen LogP contribution < -0.4 is 0 Å². The lowest BCUT2D eigenvalue weighted by molar-refractivity contribution is 0.604. The van der Waals surface area contributed by atoms with Crippen molar-refractivity contribution in [3.8, 4) is 0 Å². The molecule has 5 heteroatoms. The zero-order valence-electron chi connectivity index (χ0n) is 6.44. The van der Waals surface area contributed by atoms with Crippen LogP contribution in [0.1, 0.15) is 0 Å². The summed E-state index contributed by atoms with van der Waals surface area (Å²) in [7, 11) is -3.32. The first-order valence-corrected chi connectivity index (χ1v) is 6.48. The molecule has 0 radical (unpaired) electrons. The van der Waals surface area contributed by atoms with Crippen LogP contribution in [-0.4, -0.2) is 8.42 Å². The molecule has 0 unspecified atom stereocenters. The second kappa shape index (κ2) is 4.39. The topological polar surface area (TPSA) is 34.1 Å². The Labute approximate surface area is 93.8 Å². The molecule has 1 aromatic carbocycles. The maximum atomic E-state index is 11.5. The Morgan fingerprint density at radius 2 is 1.69 bits per heavy atom. The first-order chi connectivity index (χ1) is 6.02. The van der Waals surface area contributed by atoms with Gasteiger partial charge < -0.3 is 0 Å². The molecule has 2 nitrogen and oxygen atoms in total. The molecule has 0 saturated carbocycles. The van der Waals surface area contributed by atoms with Gasteiger partial charge >= 0.3 is 0 Å². The summed E-state index contributed by atoms with van der Waals surface area (Å²) in [6.07, 6.45) is 0. The highest BCUT2D eigenvalue weighted by atomic mass is 79.9. The predicted molar refractivity (Wildman–Crippen MR) is 59.6 cm³/mol. The van der Waals surface area contributed by atoms with E-state index in [9.17, 15) is 8.42 Å². The molecule has 0 saturated heterocycles. The minimum Gasteiger partial charge on any atom is -0.219 e. The number of hydrogen-bond acceptors (Lipinski definition) is 2. The van der Waals surface area contributed by atoms with Gasteiger partial charge in [0, 0.05) is 0 Å². The van der Waals surface area contributed by atoms with Gasteiger partial charge in [-0.25, -0.2) is 8.42 Å². The van der Waals surface area contributed by atoms with Crippen molar-refractivity contribution in [3.05, 3.63) is 39.1 Å². The molecule has 1 aromatic rings. The van der Waals surface area contributed by atoms with E-state index in [0.717, 1.165) is 5.41 Å². The number of rotatable bonds is 2. The molecular weight excluding hydrogens is 320 g/mol. The van der Waals surface area contributed by atoms with Crippen LogP contribution in [0.15, 0.2) is 44.0 Å². The summed E-state index contributed by atoms with van der Waals surface area (Å²) in [5.74, 6) is 0. The maximum Gasteiger partial charge on any atom is 0.201 e. The molecule has 13 heavy (non-hydrogen) atoms. The molecule has 0 N–H and O–H groups in total. The quantitative estimate of drug-likeness (QED) is 0.837. The highest BCUT2D eigenvalue weighted by molar-refractivity contribution is 9.28. The van der Waals surface area contributed by atoms with Crippen LogP contribution in [0, 0.1) is 0 Å². The average molecular weight is 326 g/mol. The van der Waals surface area contributed by atoms with E-state index in [2.05, 4.69) is 31.9 Å². The van der Waals surface area contributed by atoms with Crippen LogP contribution >= 0.6 is 31.9 Å². The summed E-state index contributed by atoms with van der Waals surface area (Å²) in [4.78, 5) is 0.284. The SMILES string of the molecule is O=S(=O)(C=C(Br)Br)c1ccccc1. The van der Waals surface area contributed by atoms with Crippen LogP contribution in [0.4, 0.5) is 0 Å². The Balaban J connectivity index is 3.18. The minimum atomic E-state index is -3.32. The Bertz CT molecular complexity index is 405. The van der Waals surface area contributed by atoms with E-state index in [1.54, 1.807) is 30.3 Å². The van der Waals surface area contributed by atoms with Crippen molar-refractivity contribution < 1.29 is 8.42 Å². The maximum absolute atomic E-state index is 11.5. The first kappa shape index (κ1) is 10.9. The van der Waals surface area contributed by atoms with Crippen molar-refractivity contribution in [2.75, 3.05) is 0 Å². The van der Waals surface area contributed by atoms with Gasteiger partial charge in [-0.3, -0.25) is 0 Å². The van der Waals surface area contributed by atoms with E-state index in [-0.39, 0.29) is 4.90 Å². The summed E-state index contributed by atoms with van der Waals surface area (Å²) in [6, 6.07) is 8.24. The van der Waals surface area contributed by atoms with E-state index in [1.807, 2.05) is 0 Å². The Morgan fingerprint density at radius 3 is 2.15 bits per heavy atom. The molecule has 1 rings (SSSR count). The number of hydrogen-bond donors (Lipinski definition) is 0. The Kier molecular flexibility index (Phi) is 3.70. The fraction of sp³-hybridized carbons (Fsp3) is 0. The molecule has 0 bridgehead atoms. The summed E-state index contributed by atoms with van der Waals surface area (Å²) < 4.78 is 23.4. The lowest BCUT2D eigenvalue weighted by atomic mass is 10.4. The summed E-state index contributed by atoms with van der Waals surface area (Å²) in [5.41, 5.74) is 0. The van der Waals surface area contributed by atoms with Crippen LogP contribution in [0.3, 0.4) is 0 Å². The lowest BCUT2D eigenvalue weighted by Crippen LogP contribution is -1.95. The summed E-state index contributed by atoms with van der Waals surface area (Å²) in [5, 5.41) is 1.11. The van der Waals surface area contributed by atoms with E-state index in [0.29, 0.717) is 3.39 Å². The van der Waals surface area contributed by atoms with Gasteiger partial charge in [-0.1, -0.05) is 18.2 Å². The van der Waals surface area contributed by atoms with Gasteiger partial charge in [-0.2, -0.15) is 0 Å². The summed E-state index contributed by atoms with van der Waals surface area (Å²) >= 11 is 6.01. The van der Waals surface area contributed by atoms with Crippen LogP contribution in [0.25, 0.3) is 0 Å². The standard InChI is InChI=1S/C8H6Br2O2S/c9-8(10)6-13(11,12)7-4-2-1-3-5-7/h1-6H. The highest BCUT2D eigenvalue weighted by Crippen LogP contribution is 2.19. The lowest BCUT2D eigenvalue weighted by Gasteiger charge is -1.97. The number of halogens is 2. The van der Waals surface area contributed by atoms with E-state index >= 15 is 0 Å². The number of sulfone groups is 1. The van der Waals surface area contributed by atoms with Gasteiger partial charge in [0.25, 0.3) is 0 Å². The summed E-state index contributed by atoms with van der Waals surface area (Å²) in [6.45, 7) is 0. The molecule has 0 amide bonds. The predicted octanol–water partition coefficient (Wildman–Crippen LogP) is 3.05. The highest BCUT2D eigenvalue weighted by Gasteiger charge is 2.09. The van der Waals surface area contributed by atoms with Gasteiger partial charge in [0.05, 0.1) is 13.7 Å². The second-order valence-corrected chi connectivity index (χ2v) is 6.84. The van der Waals surface area contributed by atoms with Crippen molar-refractivity contribution in [2.45, 2.75) is 4.90 Å². The molecule has 0 atom stereocenters.